The molecule has 0 bridgehead atoms. The van der Waals surface area contributed by atoms with Gasteiger partial charge in [0.15, 0.2) is 0 Å². The molecule has 2 aromatic rings. The van der Waals surface area contributed by atoms with E-state index in [0.29, 0.717) is 23.7 Å². The highest BCUT2D eigenvalue weighted by molar-refractivity contribution is 9.10. The second-order valence-electron chi connectivity index (χ2n) is 4.95. The van der Waals surface area contributed by atoms with Crippen molar-refractivity contribution < 1.29 is 9.53 Å². The summed E-state index contributed by atoms with van der Waals surface area (Å²) in [5, 5.41) is 6.07. The molecule has 23 heavy (non-hydrogen) atoms. The van der Waals surface area contributed by atoms with E-state index in [2.05, 4.69) is 38.5 Å². The van der Waals surface area contributed by atoms with Crippen LogP contribution in [-0.2, 0) is 0 Å². The van der Waals surface area contributed by atoms with Crippen molar-refractivity contribution in [1.82, 2.24) is 15.6 Å². The number of ether oxygens (including phenoxy) is 1. The molecule has 0 unspecified atom stereocenters. The average molecular weight is 378 g/mol. The molecule has 1 heterocycles. The van der Waals surface area contributed by atoms with Crippen LogP contribution in [0.1, 0.15) is 23.7 Å². The third-order valence-electron chi connectivity index (χ3n) is 3.05. The van der Waals surface area contributed by atoms with E-state index in [0.717, 1.165) is 24.0 Å². The van der Waals surface area contributed by atoms with Gasteiger partial charge in [0.05, 0.1) is 5.56 Å². The van der Waals surface area contributed by atoms with Crippen LogP contribution in [0.25, 0.3) is 0 Å². The quantitative estimate of drug-likeness (QED) is 0.692. The summed E-state index contributed by atoms with van der Waals surface area (Å²) in [6.07, 6.45) is 2.60. The van der Waals surface area contributed by atoms with E-state index in [1.54, 1.807) is 12.1 Å². The molecule has 0 atom stereocenters. The largest absolute Gasteiger partial charge is 0.439 e. The minimum Gasteiger partial charge on any atom is -0.439 e. The summed E-state index contributed by atoms with van der Waals surface area (Å²) in [5.41, 5.74) is 0.517. The van der Waals surface area contributed by atoms with Crippen molar-refractivity contribution in [1.29, 1.82) is 0 Å². The van der Waals surface area contributed by atoms with Crippen LogP contribution in [0.3, 0.4) is 0 Å². The fourth-order valence-corrected chi connectivity index (χ4v) is 2.13. The molecule has 1 aromatic carbocycles. The Labute approximate surface area is 144 Å². The SMILES string of the molecule is CCCNCCNC(=O)c1ccc(Oc2ccc(Br)cc2)nc1. The Morgan fingerprint density at radius 2 is 1.91 bits per heavy atom. The van der Waals surface area contributed by atoms with Crippen LogP contribution in [0.5, 0.6) is 11.6 Å². The molecule has 5 nitrogen and oxygen atoms in total. The summed E-state index contributed by atoms with van der Waals surface area (Å²) >= 11 is 3.37. The fraction of sp³-hybridized carbons (Fsp3) is 0.294. The molecule has 0 spiro atoms. The van der Waals surface area contributed by atoms with Crippen LogP contribution in [0.2, 0.25) is 0 Å². The minimum absolute atomic E-state index is 0.133. The lowest BCUT2D eigenvalue weighted by molar-refractivity contribution is 0.0953. The lowest BCUT2D eigenvalue weighted by Crippen LogP contribution is -2.32. The topological polar surface area (TPSA) is 63.2 Å². The first-order chi connectivity index (χ1) is 11.2. The summed E-state index contributed by atoms with van der Waals surface area (Å²) in [6.45, 7) is 4.42. The molecular formula is C17H20BrN3O2. The molecule has 0 aliphatic carbocycles. The zero-order chi connectivity index (χ0) is 16.5. The van der Waals surface area contributed by atoms with Gasteiger partial charge in [-0.15, -0.1) is 0 Å². The lowest BCUT2D eigenvalue weighted by Gasteiger charge is -2.07. The van der Waals surface area contributed by atoms with Crippen LogP contribution >= 0.6 is 15.9 Å². The first-order valence-corrected chi connectivity index (χ1v) is 8.36. The average Bonchev–Trinajstić information content (AvgIpc) is 2.57. The van der Waals surface area contributed by atoms with Crippen LogP contribution < -0.4 is 15.4 Å². The van der Waals surface area contributed by atoms with Crippen molar-refractivity contribution in [3.05, 3.63) is 52.6 Å². The zero-order valence-electron chi connectivity index (χ0n) is 13.0. The van der Waals surface area contributed by atoms with Crippen LogP contribution in [0, 0.1) is 0 Å². The number of halogens is 1. The Kier molecular flexibility index (Phi) is 7.03. The first-order valence-electron chi connectivity index (χ1n) is 7.57. The highest BCUT2D eigenvalue weighted by Crippen LogP contribution is 2.21. The number of carbonyl (C=O) groups is 1. The third kappa shape index (κ3) is 6.00. The normalized spacial score (nSPS) is 10.3. The maximum absolute atomic E-state index is 12.0. The minimum atomic E-state index is -0.133. The summed E-state index contributed by atoms with van der Waals surface area (Å²) in [4.78, 5) is 16.1. The molecule has 0 fully saturated rings. The number of carbonyl (C=O) groups excluding carboxylic acids is 1. The lowest BCUT2D eigenvalue weighted by atomic mass is 10.2. The Hall–Kier alpha value is -1.92. The molecule has 122 valence electrons. The van der Waals surface area contributed by atoms with E-state index in [-0.39, 0.29) is 5.91 Å². The number of amides is 1. The van der Waals surface area contributed by atoms with Gasteiger partial charge in [-0.3, -0.25) is 4.79 Å². The van der Waals surface area contributed by atoms with Gasteiger partial charge < -0.3 is 15.4 Å². The molecule has 2 N–H and O–H groups in total. The molecule has 0 radical (unpaired) electrons. The summed E-state index contributed by atoms with van der Waals surface area (Å²) in [7, 11) is 0. The van der Waals surface area contributed by atoms with Crippen molar-refractivity contribution in [3.63, 3.8) is 0 Å². The van der Waals surface area contributed by atoms with Crippen LogP contribution in [-0.4, -0.2) is 30.5 Å². The number of rotatable bonds is 8. The second kappa shape index (κ2) is 9.27. The van der Waals surface area contributed by atoms with Gasteiger partial charge in [-0.2, -0.15) is 0 Å². The molecule has 6 heteroatoms. The number of benzene rings is 1. The molecule has 1 aromatic heterocycles. The maximum atomic E-state index is 12.0. The van der Waals surface area contributed by atoms with Crippen LogP contribution in [0.15, 0.2) is 47.1 Å². The second-order valence-corrected chi connectivity index (χ2v) is 5.86. The Balaban J connectivity index is 1.83. The fourth-order valence-electron chi connectivity index (χ4n) is 1.87. The number of pyridine rings is 1. The summed E-state index contributed by atoms with van der Waals surface area (Å²) in [5.74, 6) is 1.01. The highest BCUT2D eigenvalue weighted by atomic mass is 79.9. The molecule has 1 amide bonds. The van der Waals surface area contributed by atoms with Gasteiger partial charge in [0.1, 0.15) is 5.75 Å². The van der Waals surface area contributed by atoms with Crippen molar-refractivity contribution in [2.75, 3.05) is 19.6 Å². The van der Waals surface area contributed by atoms with E-state index < -0.39 is 0 Å². The third-order valence-corrected chi connectivity index (χ3v) is 3.58. The Morgan fingerprint density at radius 3 is 2.57 bits per heavy atom. The number of nitrogens with one attached hydrogen (secondary N) is 2. The molecular weight excluding hydrogens is 358 g/mol. The van der Waals surface area contributed by atoms with Crippen molar-refractivity contribution in [2.45, 2.75) is 13.3 Å². The van der Waals surface area contributed by atoms with E-state index in [4.69, 9.17) is 4.74 Å². The van der Waals surface area contributed by atoms with Crippen molar-refractivity contribution in [2.24, 2.45) is 0 Å². The monoisotopic (exact) mass is 377 g/mol. The number of hydrogen-bond donors (Lipinski definition) is 2. The van der Waals surface area contributed by atoms with Gasteiger partial charge in [0, 0.05) is 29.8 Å². The molecule has 0 saturated heterocycles. The van der Waals surface area contributed by atoms with Gasteiger partial charge in [-0.25, -0.2) is 4.98 Å². The Morgan fingerprint density at radius 1 is 1.13 bits per heavy atom. The van der Waals surface area contributed by atoms with E-state index >= 15 is 0 Å². The number of nitrogens with zero attached hydrogens (tertiary/aromatic N) is 1. The molecule has 2 rings (SSSR count). The van der Waals surface area contributed by atoms with Crippen molar-refractivity contribution >= 4 is 21.8 Å². The van der Waals surface area contributed by atoms with Crippen LogP contribution in [0.4, 0.5) is 0 Å². The van der Waals surface area contributed by atoms with Crippen molar-refractivity contribution in [3.8, 4) is 11.6 Å². The number of aromatic nitrogens is 1. The van der Waals surface area contributed by atoms with Gasteiger partial charge in [0.2, 0.25) is 5.88 Å². The van der Waals surface area contributed by atoms with E-state index in [1.165, 1.54) is 6.20 Å². The Bertz CT molecular complexity index is 615. The highest BCUT2D eigenvalue weighted by Gasteiger charge is 2.06. The summed E-state index contributed by atoms with van der Waals surface area (Å²) < 4.78 is 6.60. The van der Waals surface area contributed by atoms with E-state index in [1.807, 2.05) is 24.3 Å². The van der Waals surface area contributed by atoms with Gasteiger partial charge in [-0.05, 0) is 43.3 Å². The molecule has 0 saturated carbocycles. The predicted octanol–water partition coefficient (Wildman–Crippen LogP) is 3.37. The predicted molar refractivity (Wildman–Crippen MR) is 93.9 cm³/mol. The molecule has 0 aliphatic heterocycles. The van der Waals surface area contributed by atoms with Gasteiger partial charge >= 0.3 is 0 Å². The standard InChI is InChI=1S/C17H20BrN3O2/c1-2-9-19-10-11-20-17(22)13-3-8-16(21-12-13)23-15-6-4-14(18)5-7-15/h3-8,12,19H,2,9-11H2,1H3,(H,20,22). The maximum Gasteiger partial charge on any atom is 0.252 e. The summed E-state index contributed by atoms with van der Waals surface area (Å²) in [6, 6.07) is 10.9. The van der Waals surface area contributed by atoms with Gasteiger partial charge in [0.25, 0.3) is 5.91 Å². The van der Waals surface area contributed by atoms with E-state index in [9.17, 15) is 4.79 Å². The zero-order valence-corrected chi connectivity index (χ0v) is 14.6. The molecule has 0 aliphatic rings. The smallest absolute Gasteiger partial charge is 0.252 e. The van der Waals surface area contributed by atoms with Gasteiger partial charge in [-0.1, -0.05) is 22.9 Å². The number of hydrogen-bond acceptors (Lipinski definition) is 4. The first kappa shape index (κ1) is 17.4.